The summed E-state index contributed by atoms with van der Waals surface area (Å²) in [5, 5.41) is 17.7. The van der Waals surface area contributed by atoms with Crippen LogP contribution in [0.5, 0.6) is 0 Å². The number of carbonyl (C=O) groups is 1. The molecule has 8 heteroatoms. The van der Waals surface area contributed by atoms with Crippen LogP contribution in [0.1, 0.15) is 54.1 Å². The van der Waals surface area contributed by atoms with Crippen molar-refractivity contribution in [3.63, 3.8) is 0 Å². The molecule has 3 aromatic rings. The van der Waals surface area contributed by atoms with Gasteiger partial charge in [-0.1, -0.05) is 19.4 Å². The summed E-state index contributed by atoms with van der Waals surface area (Å²) in [6, 6.07) is 8.89. The molecule has 2 heterocycles. The van der Waals surface area contributed by atoms with Gasteiger partial charge in [0.1, 0.15) is 5.82 Å². The Bertz CT molecular complexity index is 1410. The van der Waals surface area contributed by atoms with E-state index in [1.165, 1.54) is 6.07 Å². The first-order chi connectivity index (χ1) is 18.9. The molecule has 5 rings (SSSR count). The summed E-state index contributed by atoms with van der Waals surface area (Å²) in [6.07, 6.45) is 5.66. The highest BCUT2D eigenvalue weighted by Crippen LogP contribution is 2.31. The average Bonchev–Trinajstić information content (AvgIpc) is 3.76. The molecular formula is C31H39FN4O3. The molecule has 1 atom stereocenters. The summed E-state index contributed by atoms with van der Waals surface area (Å²) < 4.78 is 16.8. The highest BCUT2D eigenvalue weighted by molar-refractivity contribution is 5.97. The monoisotopic (exact) mass is 534 g/mol. The van der Waals surface area contributed by atoms with Gasteiger partial charge in [0.25, 0.3) is 11.5 Å². The van der Waals surface area contributed by atoms with Gasteiger partial charge >= 0.3 is 0 Å². The van der Waals surface area contributed by atoms with Gasteiger partial charge in [0.2, 0.25) is 0 Å². The van der Waals surface area contributed by atoms with E-state index in [4.69, 9.17) is 0 Å². The molecule has 208 valence electrons. The van der Waals surface area contributed by atoms with Gasteiger partial charge in [0.05, 0.1) is 0 Å². The average molecular weight is 535 g/mol. The normalized spacial score (nSPS) is 16.9. The number of aliphatic hydroxyl groups is 1. The third kappa shape index (κ3) is 6.24. The maximum atomic E-state index is 15.0. The topological polar surface area (TPSA) is 86.6 Å². The van der Waals surface area contributed by atoms with E-state index in [0.717, 1.165) is 68.4 Å². The molecule has 2 aliphatic rings. The quantitative estimate of drug-likeness (QED) is 0.368. The summed E-state index contributed by atoms with van der Waals surface area (Å²) in [7, 11) is 0. The van der Waals surface area contributed by atoms with Gasteiger partial charge in [-0.25, -0.2) is 4.39 Å². The number of aliphatic hydroxyl groups excluding tert-OH is 1. The molecule has 1 aromatic heterocycles. The summed E-state index contributed by atoms with van der Waals surface area (Å²) >= 11 is 0. The van der Waals surface area contributed by atoms with Crippen LogP contribution in [0, 0.1) is 18.7 Å². The summed E-state index contributed by atoms with van der Waals surface area (Å²) in [5.74, 6) is -0.658. The lowest BCUT2D eigenvalue weighted by molar-refractivity contribution is 0.0950. The number of piperazine rings is 1. The zero-order valence-corrected chi connectivity index (χ0v) is 22.9. The van der Waals surface area contributed by atoms with Crippen molar-refractivity contribution in [2.75, 3.05) is 32.8 Å². The largest absolute Gasteiger partial charge is 0.396 e. The van der Waals surface area contributed by atoms with Crippen molar-refractivity contribution >= 4 is 16.7 Å². The van der Waals surface area contributed by atoms with Crippen LogP contribution in [0.15, 0.2) is 41.3 Å². The molecule has 39 heavy (non-hydrogen) atoms. The number of halogens is 1. The van der Waals surface area contributed by atoms with Crippen LogP contribution in [-0.2, 0) is 13.1 Å². The molecule has 1 unspecified atom stereocenters. The Balaban J connectivity index is 1.59. The highest BCUT2D eigenvalue weighted by atomic mass is 19.1. The molecular weight excluding hydrogens is 495 g/mol. The number of benzene rings is 2. The van der Waals surface area contributed by atoms with E-state index in [1.54, 1.807) is 17.6 Å². The van der Waals surface area contributed by atoms with Crippen molar-refractivity contribution in [2.24, 2.45) is 5.92 Å². The number of nitrogens with one attached hydrogen (secondary N) is 2. The number of carbonyl (C=O) groups excluding carboxylic acids is 1. The first kappa shape index (κ1) is 27.5. The van der Waals surface area contributed by atoms with Crippen molar-refractivity contribution in [3.05, 3.63) is 69.4 Å². The van der Waals surface area contributed by atoms with E-state index < -0.39 is 5.82 Å². The van der Waals surface area contributed by atoms with Crippen molar-refractivity contribution < 1.29 is 14.3 Å². The van der Waals surface area contributed by atoms with Crippen LogP contribution >= 0.6 is 0 Å². The SMILES string of the molecule is CCCC(CO)Cn1cc(CN2CCNCC2)c2cc(-c3cc(C(=O)NC4CC4)cc(F)c3C)ccc2c1=O. The maximum Gasteiger partial charge on any atom is 0.258 e. The molecule has 1 saturated heterocycles. The predicted octanol–water partition coefficient (Wildman–Crippen LogP) is 3.82. The predicted molar refractivity (Wildman–Crippen MR) is 152 cm³/mol. The van der Waals surface area contributed by atoms with Crippen LogP contribution in [0.3, 0.4) is 0 Å². The molecule has 3 N–H and O–H groups in total. The minimum Gasteiger partial charge on any atom is -0.396 e. The lowest BCUT2D eigenvalue weighted by Gasteiger charge is -2.28. The standard InChI is InChI=1S/C31H39FN4O3/c1-3-4-21(19-37)16-36-18-24(17-35-11-9-33-10-12-35)28-13-22(5-8-26(28)31(36)39)27-14-23(15-29(32)20(27)2)30(38)34-25-6-7-25/h5,8,13-15,18,21,25,33,37H,3-4,6-7,9-12,16-17,19H2,1-2H3,(H,34,38). The van der Waals surface area contributed by atoms with Gasteiger partial charge in [-0.15, -0.1) is 0 Å². The van der Waals surface area contributed by atoms with E-state index in [1.807, 2.05) is 24.4 Å². The molecule has 0 radical (unpaired) electrons. The number of rotatable bonds is 10. The van der Waals surface area contributed by atoms with Gasteiger partial charge in [0, 0.05) is 75.0 Å². The zero-order chi connectivity index (χ0) is 27.5. The Morgan fingerprint density at radius 1 is 1.18 bits per heavy atom. The molecule has 1 aliphatic heterocycles. The fourth-order valence-corrected chi connectivity index (χ4v) is 5.54. The molecule has 0 spiro atoms. The van der Waals surface area contributed by atoms with E-state index in [0.29, 0.717) is 35.2 Å². The third-order valence-corrected chi connectivity index (χ3v) is 8.01. The number of aromatic nitrogens is 1. The molecule has 0 bridgehead atoms. The summed E-state index contributed by atoms with van der Waals surface area (Å²) in [5.41, 5.74) is 3.15. The molecule has 1 amide bonds. The van der Waals surface area contributed by atoms with Gasteiger partial charge in [0.15, 0.2) is 0 Å². The van der Waals surface area contributed by atoms with Gasteiger partial charge in [-0.2, -0.15) is 0 Å². The first-order valence-electron chi connectivity index (χ1n) is 14.2. The Labute approximate surface area is 229 Å². The zero-order valence-electron chi connectivity index (χ0n) is 22.9. The maximum absolute atomic E-state index is 15.0. The number of hydrogen-bond acceptors (Lipinski definition) is 5. The summed E-state index contributed by atoms with van der Waals surface area (Å²) in [4.78, 5) is 28.7. The van der Waals surface area contributed by atoms with Crippen LogP contribution in [0.4, 0.5) is 4.39 Å². The minimum absolute atomic E-state index is 0.0200. The van der Waals surface area contributed by atoms with Crippen molar-refractivity contribution in [2.45, 2.75) is 58.7 Å². The second-order valence-electron chi connectivity index (χ2n) is 11.1. The van der Waals surface area contributed by atoms with E-state index >= 15 is 4.39 Å². The number of amides is 1. The smallest absolute Gasteiger partial charge is 0.258 e. The Morgan fingerprint density at radius 3 is 2.64 bits per heavy atom. The van der Waals surface area contributed by atoms with Crippen molar-refractivity contribution in [1.29, 1.82) is 0 Å². The van der Waals surface area contributed by atoms with E-state index in [2.05, 4.69) is 22.5 Å². The number of nitrogens with zero attached hydrogens (tertiary/aromatic N) is 2. The summed E-state index contributed by atoms with van der Waals surface area (Å²) in [6.45, 7) is 8.67. The fraction of sp³-hybridized carbons (Fsp3) is 0.484. The highest BCUT2D eigenvalue weighted by Gasteiger charge is 2.25. The molecule has 2 fully saturated rings. The van der Waals surface area contributed by atoms with Gasteiger partial charge in [-0.05, 0) is 78.1 Å². The Hall–Kier alpha value is -3.07. The number of pyridine rings is 1. The molecule has 2 aromatic carbocycles. The lowest BCUT2D eigenvalue weighted by atomic mass is 9.94. The van der Waals surface area contributed by atoms with Crippen molar-refractivity contribution in [3.8, 4) is 11.1 Å². The molecule has 1 saturated carbocycles. The second-order valence-corrected chi connectivity index (χ2v) is 11.1. The Morgan fingerprint density at radius 2 is 1.95 bits per heavy atom. The second kappa shape index (κ2) is 12.0. The number of fused-ring (bicyclic) bond motifs is 1. The van der Waals surface area contributed by atoms with E-state index in [9.17, 15) is 14.7 Å². The molecule has 1 aliphatic carbocycles. The fourth-order valence-electron chi connectivity index (χ4n) is 5.54. The lowest BCUT2D eigenvalue weighted by Crippen LogP contribution is -2.43. The number of hydrogen-bond donors (Lipinski definition) is 3. The van der Waals surface area contributed by atoms with Crippen LogP contribution in [0.2, 0.25) is 0 Å². The molecule has 7 nitrogen and oxygen atoms in total. The van der Waals surface area contributed by atoms with Gasteiger partial charge in [-0.3, -0.25) is 14.5 Å². The van der Waals surface area contributed by atoms with Crippen LogP contribution in [0.25, 0.3) is 21.9 Å². The first-order valence-corrected chi connectivity index (χ1v) is 14.2. The minimum atomic E-state index is -0.420. The van der Waals surface area contributed by atoms with Crippen LogP contribution < -0.4 is 16.2 Å². The van der Waals surface area contributed by atoms with E-state index in [-0.39, 0.29) is 30.0 Å². The van der Waals surface area contributed by atoms with Gasteiger partial charge < -0.3 is 20.3 Å². The Kier molecular flexibility index (Phi) is 8.45. The third-order valence-electron chi connectivity index (χ3n) is 8.01. The van der Waals surface area contributed by atoms with Crippen molar-refractivity contribution in [1.82, 2.24) is 20.1 Å². The van der Waals surface area contributed by atoms with Crippen LogP contribution in [-0.4, -0.2) is 59.3 Å².